The molecule has 1 aromatic rings. The minimum absolute atomic E-state index is 0.0209. The van der Waals surface area contributed by atoms with Crippen molar-refractivity contribution in [3.8, 4) is 0 Å². The van der Waals surface area contributed by atoms with Crippen LogP contribution in [-0.2, 0) is 4.74 Å². The van der Waals surface area contributed by atoms with Gasteiger partial charge in [-0.1, -0.05) is 11.6 Å². The molecule has 1 aliphatic rings. The Balaban J connectivity index is 2.19. The fourth-order valence-electron chi connectivity index (χ4n) is 1.58. The van der Waals surface area contributed by atoms with Crippen LogP contribution in [0.15, 0.2) is 6.20 Å². The van der Waals surface area contributed by atoms with Crippen LogP contribution in [-0.4, -0.2) is 47.5 Å². The summed E-state index contributed by atoms with van der Waals surface area (Å²) in [7, 11) is 0. The van der Waals surface area contributed by atoms with Crippen molar-refractivity contribution < 1.29 is 9.84 Å². The third kappa shape index (κ3) is 2.55. The van der Waals surface area contributed by atoms with Crippen LogP contribution in [0.4, 0.5) is 5.82 Å². The standard InChI is InChI=1S/C9H11Cl2N3O2/c10-7-3-12-9(11)13-8(7)14-1-2-16-6(4-14)5-15/h3,6,15H,1-2,4-5H2. The maximum absolute atomic E-state index is 9.04. The highest BCUT2D eigenvalue weighted by atomic mass is 35.5. The molecule has 2 heterocycles. The smallest absolute Gasteiger partial charge is 0.224 e. The fraction of sp³-hybridized carbons (Fsp3) is 0.556. The molecule has 1 aliphatic heterocycles. The molecule has 0 spiro atoms. The van der Waals surface area contributed by atoms with Crippen LogP contribution in [0, 0.1) is 0 Å². The lowest BCUT2D eigenvalue weighted by atomic mass is 10.3. The number of ether oxygens (including phenoxy) is 1. The molecule has 2 rings (SSSR count). The van der Waals surface area contributed by atoms with E-state index in [1.165, 1.54) is 6.20 Å². The van der Waals surface area contributed by atoms with E-state index >= 15 is 0 Å². The zero-order valence-electron chi connectivity index (χ0n) is 8.44. The van der Waals surface area contributed by atoms with Crippen molar-refractivity contribution in [2.24, 2.45) is 0 Å². The highest BCUT2D eigenvalue weighted by molar-refractivity contribution is 6.33. The summed E-state index contributed by atoms with van der Waals surface area (Å²) in [6.45, 7) is 1.73. The molecule has 0 aromatic carbocycles. The van der Waals surface area contributed by atoms with E-state index in [9.17, 15) is 0 Å². The number of halogens is 2. The Bertz CT molecular complexity index is 378. The summed E-state index contributed by atoms with van der Waals surface area (Å²) in [5, 5.41) is 9.64. The number of rotatable bonds is 2. The van der Waals surface area contributed by atoms with Crippen LogP contribution in [0.1, 0.15) is 0 Å². The summed E-state index contributed by atoms with van der Waals surface area (Å²) in [4.78, 5) is 9.80. The van der Waals surface area contributed by atoms with Gasteiger partial charge in [-0.05, 0) is 11.6 Å². The molecular formula is C9H11Cl2N3O2. The molecule has 1 unspecified atom stereocenters. The SMILES string of the molecule is OCC1CN(c2nc(Cl)ncc2Cl)CCO1. The van der Waals surface area contributed by atoms with Crippen molar-refractivity contribution in [1.82, 2.24) is 9.97 Å². The highest BCUT2D eigenvalue weighted by Crippen LogP contribution is 2.25. The van der Waals surface area contributed by atoms with Gasteiger partial charge >= 0.3 is 0 Å². The van der Waals surface area contributed by atoms with E-state index in [1.807, 2.05) is 4.90 Å². The Morgan fingerprint density at radius 3 is 3.12 bits per heavy atom. The number of nitrogens with zero attached hydrogens (tertiary/aromatic N) is 3. The third-order valence-electron chi connectivity index (χ3n) is 2.34. The highest BCUT2D eigenvalue weighted by Gasteiger charge is 2.22. The van der Waals surface area contributed by atoms with Crippen LogP contribution in [0.2, 0.25) is 10.3 Å². The van der Waals surface area contributed by atoms with Crippen LogP contribution in [0.25, 0.3) is 0 Å². The molecular weight excluding hydrogens is 253 g/mol. The van der Waals surface area contributed by atoms with Gasteiger partial charge in [0.25, 0.3) is 0 Å². The summed E-state index contributed by atoms with van der Waals surface area (Å²) < 4.78 is 5.34. The zero-order chi connectivity index (χ0) is 11.5. The third-order valence-corrected chi connectivity index (χ3v) is 2.79. The predicted molar refractivity (Wildman–Crippen MR) is 61.1 cm³/mol. The van der Waals surface area contributed by atoms with Crippen molar-refractivity contribution in [3.05, 3.63) is 16.5 Å². The maximum Gasteiger partial charge on any atom is 0.224 e. The molecule has 1 N–H and O–H groups in total. The summed E-state index contributed by atoms with van der Waals surface area (Å²) >= 11 is 11.7. The van der Waals surface area contributed by atoms with Gasteiger partial charge < -0.3 is 14.7 Å². The Hall–Kier alpha value is -0.620. The van der Waals surface area contributed by atoms with Gasteiger partial charge in [0.1, 0.15) is 5.02 Å². The number of hydrogen-bond donors (Lipinski definition) is 1. The number of hydrogen-bond acceptors (Lipinski definition) is 5. The second kappa shape index (κ2) is 5.14. The largest absolute Gasteiger partial charge is 0.394 e. The molecule has 1 aromatic heterocycles. The summed E-state index contributed by atoms with van der Waals surface area (Å²) in [5.74, 6) is 0.586. The fourth-order valence-corrected chi connectivity index (χ4v) is 1.92. The zero-order valence-corrected chi connectivity index (χ0v) is 9.95. The van der Waals surface area contributed by atoms with Gasteiger partial charge in [-0.3, -0.25) is 0 Å². The van der Waals surface area contributed by atoms with E-state index in [-0.39, 0.29) is 18.0 Å². The lowest BCUT2D eigenvalue weighted by Gasteiger charge is -2.33. The lowest BCUT2D eigenvalue weighted by Crippen LogP contribution is -2.44. The van der Waals surface area contributed by atoms with E-state index in [4.69, 9.17) is 33.0 Å². The van der Waals surface area contributed by atoms with Gasteiger partial charge in [-0.25, -0.2) is 4.98 Å². The molecule has 0 bridgehead atoms. The summed E-state index contributed by atoms with van der Waals surface area (Å²) in [6.07, 6.45) is 1.26. The minimum Gasteiger partial charge on any atom is -0.394 e. The van der Waals surface area contributed by atoms with E-state index < -0.39 is 0 Å². The van der Waals surface area contributed by atoms with Gasteiger partial charge in [0.05, 0.1) is 25.5 Å². The molecule has 1 fully saturated rings. The maximum atomic E-state index is 9.04. The van der Waals surface area contributed by atoms with Crippen molar-refractivity contribution in [2.75, 3.05) is 31.2 Å². The molecule has 5 nitrogen and oxygen atoms in total. The first-order chi connectivity index (χ1) is 7.70. The predicted octanol–water partition coefficient (Wildman–Crippen LogP) is 0.981. The first-order valence-corrected chi connectivity index (χ1v) is 5.61. The van der Waals surface area contributed by atoms with Gasteiger partial charge in [-0.2, -0.15) is 4.98 Å². The number of anilines is 1. The van der Waals surface area contributed by atoms with Gasteiger partial charge in [0, 0.05) is 13.1 Å². The van der Waals surface area contributed by atoms with E-state index in [1.54, 1.807) is 0 Å². The second-order valence-corrected chi connectivity index (χ2v) is 4.18. The summed E-state index contributed by atoms with van der Waals surface area (Å²) in [5.41, 5.74) is 0. The Morgan fingerprint density at radius 1 is 1.56 bits per heavy atom. The van der Waals surface area contributed by atoms with Gasteiger partial charge in [0.15, 0.2) is 5.82 Å². The average molecular weight is 264 g/mol. The molecule has 1 saturated heterocycles. The molecule has 0 radical (unpaired) electrons. The molecule has 0 amide bonds. The van der Waals surface area contributed by atoms with E-state index in [0.717, 1.165) is 0 Å². The number of morpholine rings is 1. The monoisotopic (exact) mass is 263 g/mol. The molecule has 0 aliphatic carbocycles. The molecule has 88 valence electrons. The van der Waals surface area contributed by atoms with Crippen molar-refractivity contribution in [1.29, 1.82) is 0 Å². The van der Waals surface area contributed by atoms with Crippen LogP contribution in [0.5, 0.6) is 0 Å². The summed E-state index contributed by atoms with van der Waals surface area (Å²) in [6, 6.07) is 0. The first-order valence-electron chi connectivity index (χ1n) is 4.86. The molecule has 0 saturated carbocycles. The molecule has 1 atom stereocenters. The van der Waals surface area contributed by atoms with Crippen LogP contribution < -0.4 is 4.90 Å². The topological polar surface area (TPSA) is 58.5 Å². The van der Waals surface area contributed by atoms with Crippen LogP contribution >= 0.6 is 23.2 Å². The quantitative estimate of drug-likeness (QED) is 0.807. The first kappa shape index (κ1) is 11.9. The van der Waals surface area contributed by atoms with Crippen molar-refractivity contribution >= 4 is 29.0 Å². The number of aromatic nitrogens is 2. The van der Waals surface area contributed by atoms with Crippen molar-refractivity contribution in [2.45, 2.75) is 6.10 Å². The van der Waals surface area contributed by atoms with Gasteiger partial charge in [0.2, 0.25) is 5.28 Å². The molecule has 16 heavy (non-hydrogen) atoms. The Kier molecular flexibility index (Phi) is 3.81. The van der Waals surface area contributed by atoms with E-state index in [2.05, 4.69) is 9.97 Å². The molecule has 7 heteroatoms. The van der Waals surface area contributed by atoms with Crippen molar-refractivity contribution in [3.63, 3.8) is 0 Å². The Morgan fingerprint density at radius 2 is 2.38 bits per heavy atom. The second-order valence-electron chi connectivity index (χ2n) is 3.43. The minimum atomic E-state index is -0.210. The average Bonchev–Trinajstić information content (AvgIpc) is 2.32. The normalized spacial score (nSPS) is 21.2. The van der Waals surface area contributed by atoms with Gasteiger partial charge in [-0.15, -0.1) is 0 Å². The number of aliphatic hydroxyl groups excluding tert-OH is 1. The van der Waals surface area contributed by atoms with E-state index in [0.29, 0.717) is 30.5 Å². The van der Waals surface area contributed by atoms with Crippen LogP contribution in [0.3, 0.4) is 0 Å². The lowest BCUT2D eigenvalue weighted by molar-refractivity contribution is 0.00336. The number of aliphatic hydroxyl groups is 1. The Labute approximate surface area is 103 Å².